The summed E-state index contributed by atoms with van der Waals surface area (Å²) in [5, 5.41) is 4.49. The van der Waals surface area contributed by atoms with Gasteiger partial charge in [0.05, 0.1) is 17.4 Å². The molecular weight excluding hydrogens is 276 g/mol. The number of benzene rings is 1. The minimum Gasteiger partial charge on any atom is -0.259 e. The van der Waals surface area contributed by atoms with Crippen molar-refractivity contribution in [2.75, 3.05) is 0 Å². The Hall–Kier alpha value is -1.09. The molecule has 0 saturated heterocycles. The van der Waals surface area contributed by atoms with E-state index in [-0.39, 0.29) is 5.54 Å². The summed E-state index contributed by atoms with van der Waals surface area (Å²) in [5.41, 5.74) is 3.59. The second-order valence-electron chi connectivity index (χ2n) is 5.27. The van der Waals surface area contributed by atoms with Gasteiger partial charge < -0.3 is 0 Å². The summed E-state index contributed by atoms with van der Waals surface area (Å²) in [5.74, 6) is 0. The molecule has 0 radical (unpaired) electrons. The van der Waals surface area contributed by atoms with Crippen LogP contribution in [0.2, 0.25) is 0 Å². The van der Waals surface area contributed by atoms with Crippen molar-refractivity contribution < 1.29 is 0 Å². The lowest BCUT2D eigenvalue weighted by Crippen LogP contribution is -2.24. The van der Waals surface area contributed by atoms with Gasteiger partial charge in [-0.2, -0.15) is 5.10 Å². The van der Waals surface area contributed by atoms with Gasteiger partial charge in [0.1, 0.15) is 0 Å². The van der Waals surface area contributed by atoms with E-state index >= 15 is 0 Å². The zero-order chi connectivity index (χ0) is 12.6. The maximum atomic E-state index is 4.49. The summed E-state index contributed by atoms with van der Waals surface area (Å²) in [4.78, 5) is 0. The minimum absolute atomic E-state index is 0.00802. The minimum atomic E-state index is -0.00802. The molecule has 0 N–H and O–H groups in total. The third-order valence-corrected chi connectivity index (χ3v) is 3.18. The Morgan fingerprint density at radius 3 is 2.53 bits per heavy atom. The van der Waals surface area contributed by atoms with Gasteiger partial charge in [0.15, 0.2) is 0 Å². The summed E-state index contributed by atoms with van der Waals surface area (Å²) in [6, 6.07) is 8.35. The highest BCUT2D eigenvalue weighted by Gasteiger charge is 2.20. The Balaban J connectivity index is 2.63. The van der Waals surface area contributed by atoms with E-state index in [2.05, 4.69) is 71.6 Å². The van der Waals surface area contributed by atoms with E-state index in [0.717, 1.165) is 4.47 Å². The highest BCUT2D eigenvalue weighted by atomic mass is 79.9. The molecule has 0 saturated carbocycles. The van der Waals surface area contributed by atoms with Crippen LogP contribution in [0.25, 0.3) is 11.3 Å². The number of hydrogen-bond acceptors (Lipinski definition) is 1. The highest BCUT2D eigenvalue weighted by molar-refractivity contribution is 9.10. The van der Waals surface area contributed by atoms with Crippen molar-refractivity contribution in [2.24, 2.45) is 0 Å². The predicted molar refractivity (Wildman–Crippen MR) is 75.1 cm³/mol. The van der Waals surface area contributed by atoms with Crippen molar-refractivity contribution >= 4 is 15.9 Å². The fraction of sp³-hybridized carbons (Fsp3) is 0.357. The van der Waals surface area contributed by atoms with E-state index in [1.807, 2.05) is 12.3 Å². The molecule has 2 rings (SSSR count). The van der Waals surface area contributed by atoms with E-state index < -0.39 is 0 Å². The first-order valence-electron chi connectivity index (χ1n) is 5.70. The number of aryl methyl sites for hydroxylation is 1. The van der Waals surface area contributed by atoms with Crippen LogP contribution in [0.1, 0.15) is 26.3 Å². The highest BCUT2D eigenvalue weighted by Crippen LogP contribution is 2.29. The molecule has 0 amide bonds. The summed E-state index contributed by atoms with van der Waals surface area (Å²) in [7, 11) is 0. The number of rotatable bonds is 1. The average molecular weight is 293 g/mol. The first kappa shape index (κ1) is 12.4. The molecule has 1 heterocycles. The molecule has 17 heavy (non-hydrogen) atoms. The third-order valence-electron chi connectivity index (χ3n) is 2.69. The molecule has 0 aliphatic heterocycles. The Morgan fingerprint density at radius 2 is 1.94 bits per heavy atom. The predicted octanol–water partition coefficient (Wildman–Crippen LogP) is 4.38. The monoisotopic (exact) mass is 292 g/mol. The third kappa shape index (κ3) is 2.44. The van der Waals surface area contributed by atoms with Gasteiger partial charge in [-0.3, -0.25) is 4.68 Å². The molecule has 0 aliphatic carbocycles. The molecule has 1 aromatic heterocycles. The topological polar surface area (TPSA) is 17.8 Å². The smallest absolute Gasteiger partial charge is 0.0718 e. The molecule has 2 aromatic rings. The van der Waals surface area contributed by atoms with Crippen LogP contribution in [0.15, 0.2) is 34.9 Å². The Labute approximate surface area is 111 Å². The van der Waals surface area contributed by atoms with Crippen LogP contribution >= 0.6 is 15.9 Å². The molecule has 0 aliphatic rings. The van der Waals surface area contributed by atoms with Crippen molar-refractivity contribution in [3.8, 4) is 11.3 Å². The quantitative estimate of drug-likeness (QED) is 0.763. The molecule has 90 valence electrons. The molecule has 2 nitrogen and oxygen atoms in total. The zero-order valence-electron chi connectivity index (χ0n) is 10.7. The van der Waals surface area contributed by atoms with Crippen molar-refractivity contribution in [2.45, 2.75) is 33.2 Å². The second-order valence-corrected chi connectivity index (χ2v) is 6.18. The summed E-state index contributed by atoms with van der Waals surface area (Å²) < 4.78 is 3.18. The molecule has 1 aromatic carbocycles. The SMILES string of the molecule is Cc1cnn(C(C)(C)C)c1-c1cccc(Br)c1. The van der Waals surface area contributed by atoms with E-state index in [0.29, 0.717) is 0 Å². The normalized spacial score (nSPS) is 11.8. The van der Waals surface area contributed by atoms with E-state index in [1.54, 1.807) is 0 Å². The van der Waals surface area contributed by atoms with Crippen LogP contribution in [-0.2, 0) is 5.54 Å². The zero-order valence-corrected chi connectivity index (χ0v) is 12.2. The number of aromatic nitrogens is 2. The standard InChI is InChI=1S/C14H17BrN2/c1-10-9-16-17(14(2,3)4)13(10)11-6-5-7-12(15)8-11/h5-9H,1-4H3. The van der Waals surface area contributed by atoms with E-state index in [4.69, 9.17) is 0 Å². The number of hydrogen-bond donors (Lipinski definition) is 0. The molecule has 0 unspecified atom stereocenters. The van der Waals surface area contributed by atoms with Crippen molar-refractivity contribution in [3.63, 3.8) is 0 Å². The summed E-state index contributed by atoms with van der Waals surface area (Å²) in [6.07, 6.45) is 1.93. The lowest BCUT2D eigenvalue weighted by atomic mass is 10.0. The second kappa shape index (κ2) is 4.30. The van der Waals surface area contributed by atoms with Gasteiger partial charge in [0.25, 0.3) is 0 Å². The van der Waals surface area contributed by atoms with Crippen LogP contribution < -0.4 is 0 Å². The van der Waals surface area contributed by atoms with E-state index in [1.165, 1.54) is 16.8 Å². The molecule has 0 atom stereocenters. The number of halogens is 1. The Morgan fingerprint density at radius 1 is 1.24 bits per heavy atom. The van der Waals surface area contributed by atoms with Gasteiger partial charge in [-0.25, -0.2) is 0 Å². The summed E-state index contributed by atoms with van der Waals surface area (Å²) >= 11 is 3.52. The van der Waals surface area contributed by atoms with E-state index in [9.17, 15) is 0 Å². The molecule has 0 bridgehead atoms. The average Bonchev–Trinajstić information content (AvgIpc) is 2.59. The fourth-order valence-electron chi connectivity index (χ4n) is 1.92. The lowest BCUT2D eigenvalue weighted by molar-refractivity contribution is 0.360. The van der Waals surface area contributed by atoms with Crippen LogP contribution in [0, 0.1) is 6.92 Å². The largest absolute Gasteiger partial charge is 0.259 e. The first-order valence-corrected chi connectivity index (χ1v) is 6.50. The fourth-order valence-corrected chi connectivity index (χ4v) is 2.32. The van der Waals surface area contributed by atoms with Gasteiger partial charge in [0, 0.05) is 10.0 Å². The van der Waals surface area contributed by atoms with Gasteiger partial charge in [-0.15, -0.1) is 0 Å². The molecule has 0 fully saturated rings. The van der Waals surface area contributed by atoms with Crippen LogP contribution in [0.4, 0.5) is 0 Å². The van der Waals surface area contributed by atoms with Crippen molar-refractivity contribution in [1.82, 2.24) is 9.78 Å². The maximum absolute atomic E-state index is 4.49. The maximum Gasteiger partial charge on any atom is 0.0718 e. The Kier molecular flexibility index (Phi) is 3.13. The van der Waals surface area contributed by atoms with Gasteiger partial charge >= 0.3 is 0 Å². The lowest BCUT2D eigenvalue weighted by Gasteiger charge is -2.23. The van der Waals surface area contributed by atoms with Gasteiger partial charge in [0.2, 0.25) is 0 Å². The van der Waals surface area contributed by atoms with Crippen molar-refractivity contribution in [3.05, 3.63) is 40.5 Å². The molecular formula is C14H17BrN2. The van der Waals surface area contributed by atoms with Gasteiger partial charge in [-0.1, -0.05) is 28.1 Å². The molecule has 0 spiro atoms. The first-order chi connectivity index (χ1) is 7.89. The number of nitrogens with zero attached hydrogens (tertiary/aromatic N) is 2. The molecule has 3 heteroatoms. The van der Waals surface area contributed by atoms with Crippen molar-refractivity contribution in [1.29, 1.82) is 0 Å². The van der Waals surface area contributed by atoms with Crippen LogP contribution in [0.5, 0.6) is 0 Å². The summed E-state index contributed by atoms with van der Waals surface area (Å²) in [6.45, 7) is 8.61. The van der Waals surface area contributed by atoms with Gasteiger partial charge in [-0.05, 0) is 45.4 Å². The van der Waals surface area contributed by atoms with Crippen LogP contribution in [0.3, 0.4) is 0 Å². The Bertz CT molecular complexity index is 535. The van der Waals surface area contributed by atoms with Crippen LogP contribution in [-0.4, -0.2) is 9.78 Å².